The topological polar surface area (TPSA) is 6.25 Å². The van der Waals surface area contributed by atoms with Crippen LogP contribution in [0.25, 0.3) is 0 Å². The molecule has 0 saturated carbocycles. The third kappa shape index (κ3) is 3.69. The molecule has 0 N–H and O–H groups in total. The lowest BCUT2D eigenvalue weighted by Gasteiger charge is -2.14. The van der Waals surface area contributed by atoms with Gasteiger partial charge in [0.1, 0.15) is 18.2 Å². The van der Waals surface area contributed by atoms with Gasteiger partial charge < -0.3 is 17.3 Å². The molecule has 2 saturated heterocycles. The summed E-state index contributed by atoms with van der Waals surface area (Å²) in [5.41, 5.74) is 0. The van der Waals surface area contributed by atoms with E-state index in [9.17, 15) is 0 Å². The van der Waals surface area contributed by atoms with Crippen molar-refractivity contribution in [1.29, 1.82) is 0 Å². The fraction of sp³-hybridized carbons (Fsp3) is 0.727. The Balaban J connectivity index is 0.00000112. The predicted molar refractivity (Wildman–Crippen MR) is 60.0 cm³/mol. The Bertz CT molecular complexity index is 247. The summed E-state index contributed by atoms with van der Waals surface area (Å²) in [6.07, 6.45) is 9.42. The number of likely N-dealkylation sites (tertiary alicyclic amines) is 1. The Morgan fingerprint density at radius 1 is 1.07 bits per heavy atom. The molecule has 0 aliphatic carbocycles. The Hall–Kier alpha value is -0.210. The smallest absolute Gasteiger partial charge is 0.166 e. The highest BCUT2D eigenvalue weighted by Gasteiger charge is 2.14. The summed E-state index contributed by atoms with van der Waals surface area (Å²) in [5, 5.41) is 0.911. The first-order valence-electron chi connectivity index (χ1n) is 5.56. The van der Waals surface area contributed by atoms with Gasteiger partial charge in [-0.15, -0.1) is 0 Å². The van der Waals surface area contributed by atoms with E-state index in [0.29, 0.717) is 0 Å². The normalized spacial score (nSPS) is 21.8. The molecule has 0 amide bonds. The van der Waals surface area contributed by atoms with Gasteiger partial charge in [-0.2, -0.15) is 0 Å². The lowest BCUT2D eigenvalue weighted by molar-refractivity contribution is -0.500. The van der Waals surface area contributed by atoms with Crippen molar-refractivity contribution < 1.29 is 17.0 Å². The highest BCUT2D eigenvalue weighted by Crippen LogP contribution is 2.16. The predicted octanol–water partition coefficient (Wildman–Crippen LogP) is -0.956. The summed E-state index contributed by atoms with van der Waals surface area (Å²) < 4.78 is 2.35. The van der Waals surface area contributed by atoms with E-state index in [1.54, 1.807) is 0 Å². The van der Waals surface area contributed by atoms with Crippen molar-refractivity contribution in [2.75, 3.05) is 26.2 Å². The molecule has 0 aromatic carbocycles. The van der Waals surface area contributed by atoms with Crippen molar-refractivity contribution >= 4 is 17.8 Å². The summed E-state index contributed by atoms with van der Waals surface area (Å²) in [6.45, 7) is 4.65. The van der Waals surface area contributed by atoms with E-state index in [2.05, 4.69) is 21.8 Å². The molecule has 2 aliphatic rings. The van der Waals surface area contributed by atoms with Gasteiger partial charge in [0, 0.05) is 32.0 Å². The average molecular weight is 249 g/mol. The first kappa shape index (κ1) is 12.9. The summed E-state index contributed by atoms with van der Waals surface area (Å²) >= 11 is 6.19. The first-order chi connectivity index (χ1) is 6.86. The number of hydrogen-bond donors (Lipinski definition) is 0. The maximum atomic E-state index is 6.19. The molecular weight excluding hydrogens is 231 g/mol. The van der Waals surface area contributed by atoms with Crippen LogP contribution in [0.5, 0.6) is 0 Å². The highest BCUT2D eigenvalue weighted by atomic mass is 35.5. The van der Waals surface area contributed by atoms with Crippen LogP contribution in [0.3, 0.4) is 0 Å². The van der Waals surface area contributed by atoms with Crippen LogP contribution in [0, 0.1) is 0 Å². The highest BCUT2D eigenvalue weighted by molar-refractivity contribution is 6.30. The minimum atomic E-state index is 0. The SMILES string of the molecule is Cl/C(=C\C=[N+]1CCCC1)N1CCCC1.[Cl-]. The fourth-order valence-electron chi connectivity index (χ4n) is 2.09. The minimum Gasteiger partial charge on any atom is -1.00 e. The van der Waals surface area contributed by atoms with Crippen molar-refractivity contribution in [3.8, 4) is 0 Å². The second-order valence-corrected chi connectivity index (χ2v) is 4.46. The third-order valence-electron chi connectivity index (χ3n) is 2.97. The molecule has 0 spiro atoms. The van der Waals surface area contributed by atoms with Gasteiger partial charge in [-0.3, -0.25) is 0 Å². The Labute approximate surface area is 103 Å². The van der Waals surface area contributed by atoms with Gasteiger partial charge in [-0.25, -0.2) is 4.58 Å². The summed E-state index contributed by atoms with van der Waals surface area (Å²) in [4.78, 5) is 2.26. The van der Waals surface area contributed by atoms with Gasteiger partial charge in [-0.05, 0) is 12.8 Å². The third-order valence-corrected chi connectivity index (χ3v) is 3.34. The van der Waals surface area contributed by atoms with E-state index in [0.717, 1.165) is 18.2 Å². The molecule has 2 nitrogen and oxygen atoms in total. The minimum absolute atomic E-state index is 0. The quantitative estimate of drug-likeness (QED) is 0.451. The van der Waals surface area contributed by atoms with Crippen molar-refractivity contribution in [2.45, 2.75) is 25.7 Å². The van der Waals surface area contributed by atoms with Crippen LogP contribution in [0.1, 0.15) is 25.7 Å². The second-order valence-electron chi connectivity index (χ2n) is 4.08. The number of rotatable bonds is 2. The van der Waals surface area contributed by atoms with Gasteiger partial charge in [0.2, 0.25) is 0 Å². The molecule has 2 fully saturated rings. The van der Waals surface area contributed by atoms with E-state index in [1.807, 2.05) is 0 Å². The molecule has 0 aromatic heterocycles. The zero-order valence-electron chi connectivity index (χ0n) is 8.96. The zero-order valence-corrected chi connectivity index (χ0v) is 10.5. The van der Waals surface area contributed by atoms with E-state index in [1.165, 1.54) is 38.8 Å². The molecule has 0 radical (unpaired) electrons. The zero-order chi connectivity index (χ0) is 9.80. The van der Waals surface area contributed by atoms with Crippen molar-refractivity contribution in [2.24, 2.45) is 0 Å². The monoisotopic (exact) mass is 248 g/mol. The van der Waals surface area contributed by atoms with Gasteiger partial charge >= 0.3 is 0 Å². The van der Waals surface area contributed by atoms with Crippen LogP contribution >= 0.6 is 11.6 Å². The van der Waals surface area contributed by atoms with Crippen LogP contribution in [0.4, 0.5) is 0 Å². The molecule has 0 bridgehead atoms. The van der Waals surface area contributed by atoms with Gasteiger partial charge in [0.15, 0.2) is 6.21 Å². The largest absolute Gasteiger partial charge is 1.00 e. The number of allylic oxidation sites excluding steroid dienone is 1. The van der Waals surface area contributed by atoms with Gasteiger partial charge in [0.25, 0.3) is 0 Å². The number of hydrogen-bond acceptors (Lipinski definition) is 1. The standard InChI is InChI=1S/C11H18ClN2.ClH/c12-11(14-8-3-4-9-14)5-10-13-6-1-2-7-13;/h5,10H,1-4,6-9H2;1H/q+1;/p-1. The molecule has 4 heteroatoms. The van der Waals surface area contributed by atoms with Crippen LogP contribution in [0.15, 0.2) is 11.2 Å². The lowest BCUT2D eigenvalue weighted by atomic mass is 10.4. The van der Waals surface area contributed by atoms with Crippen LogP contribution in [-0.4, -0.2) is 41.9 Å². The average Bonchev–Trinajstić information content (AvgIpc) is 2.87. The van der Waals surface area contributed by atoms with E-state index < -0.39 is 0 Å². The van der Waals surface area contributed by atoms with E-state index in [4.69, 9.17) is 11.6 Å². The van der Waals surface area contributed by atoms with E-state index >= 15 is 0 Å². The Morgan fingerprint density at radius 2 is 1.67 bits per heavy atom. The first-order valence-corrected chi connectivity index (χ1v) is 5.94. The van der Waals surface area contributed by atoms with Gasteiger partial charge in [-0.1, -0.05) is 11.6 Å². The van der Waals surface area contributed by atoms with Crippen molar-refractivity contribution in [3.05, 3.63) is 11.2 Å². The molecule has 0 unspecified atom stereocenters. The maximum absolute atomic E-state index is 6.19. The molecule has 0 atom stereocenters. The molecule has 2 aliphatic heterocycles. The van der Waals surface area contributed by atoms with Crippen LogP contribution in [-0.2, 0) is 0 Å². The van der Waals surface area contributed by atoms with E-state index in [-0.39, 0.29) is 12.4 Å². The summed E-state index contributed by atoms with van der Waals surface area (Å²) in [7, 11) is 0. The van der Waals surface area contributed by atoms with Crippen LogP contribution in [0.2, 0.25) is 0 Å². The summed E-state index contributed by atoms with van der Waals surface area (Å²) in [5.74, 6) is 0. The fourth-order valence-corrected chi connectivity index (χ4v) is 2.32. The van der Waals surface area contributed by atoms with Crippen molar-refractivity contribution in [3.63, 3.8) is 0 Å². The molecule has 2 rings (SSSR count). The molecule has 2 heterocycles. The molecule has 0 aromatic rings. The lowest BCUT2D eigenvalue weighted by Crippen LogP contribution is -3.00. The number of nitrogens with zero attached hydrogens (tertiary/aromatic N) is 2. The Morgan fingerprint density at radius 3 is 2.27 bits per heavy atom. The van der Waals surface area contributed by atoms with Crippen LogP contribution < -0.4 is 12.4 Å². The second kappa shape index (κ2) is 6.39. The van der Waals surface area contributed by atoms with Crippen molar-refractivity contribution in [1.82, 2.24) is 4.90 Å². The maximum Gasteiger partial charge on any atom is 0.166 e. The summed E-state index contributed by atoms with van der Waals surface area (Å²) in [6, 6.07) is 0. The number of halogens is 2. The van der Waals surface area contributed by atoms with Gasteiger partial charge in [0.05, 0.1) is 0 Å². The molecule has 86 valence electrons. The molecular formula is C11H18Cl2N2. The molecule has 15 heavy (non-hydrogen) atoms. The Kier molecular flexibility index (Phi) is 5.48.